The second-order valence-electron chi connectivity index (χ2n) is 4.78. The van der Waals surface area contributed by atoms with E-state index in [-0.39, 0.29) is 0 Å². The van der Waals surface area contributed by atoms with E-state index in [9.17, 15) is 0 Å². The number of nitrogens with zero attached hydrogens (tertiary/aromatic N) is 1. The summed E-state index contributed by atoms with van der Waals surface area (Å²) in [6.07, 6.45) is 2.72. The molecule has 17 heavy (non-hydrogen) atoms. The van der Waals surface area contributed by atoms with Gasteiger partial charge >= 0.3 is 0 Å². The first kappa shape index (κ1) is 11.2. The third kappa shape index (κ3) is 2.23. The number of hydrogen-bond acceptors (Lipinski definition) is 3. The molecule has 1 aliphatic rings. The van der Waals surface area contributed by atoms with Crippen LogP contribution >= 0.6 is 11.3 Å². The van der Waals surface area contributed by atoms with Crippen molar-refractivity contribution in [2.75, 3.05) is 13.1 Å². The Morgan fingerprint density at radius 1 is 1.24 bits per heavy atom. The molecule has 0 amide bonds. The molecule has 0 bridgehead atoms. The van der Waals surface area contributed by atoms with Crippen LogP contribution in [0.3, 0.4) is 0 Å². The van der Waals surface area contributed by atoms with Crippen LogP contribution in [0, 0.1) is 0 Å². The van der Waals surface area contributed by atoms with Crippen molar-refractivity contribution >= 4 is 21.4 Å². The van der Waals surface area contributed by atoms with E-state index < -0.39 is 0 Å². The fourth-order valence-electron chi connectivity index (χ4n) is 2.56. The predicted octanol–water partition coefficient (Wildman–Crippen LogP) is 2.96. The molecular weight excluding hydrogens is 228 g/mol. The molecule has 1 fully saturated rings. The average Bonchev–Trinajstić information content (AvgIpc) is 2.99. The van der Waals surface area contributed by atoms with Gasteiger partial charge in [-0.05, 0) is 53.9 Å². The summed E-state index contributed by atoms with van der Waals surface area (Å²) in [5.41, 5.74) is 8.39. The van der Waals surface area contributed by atoms with Crippen LogP contribution in [-0.4, -0.2) is 18.0 Å². The van der Waals surface area contributed by atoms with Gasteiger partial charge in [0, 0.05) is 17.8 Å². The zero-order chi connectivity index (χ0) is 11.7. The minimum atomic E-state index is 0.634. The molecule has 2 nitrogen and oxygen atoms in total. The van der Waals surface area contributed by atoms with Crippen molar-refractivity contribution in [2.24, 2.45) is 5.73 Å². The summed E-state index contributed by atoms with van der Waals surface area (Å²) in [5.74, 6) is 0. The van der Waals surface area contributed by atoms with Crippen molar-refractivity contribution in [3.8, 4) is 0 Å². The number of benzene rings is 1. The summed E-state index contributed by atoms with van der Waals surface area (Å²) in [6, 6.07) is 6.62. The van der Waals surface area contributed by atoms with Crippen molar-refractivity contribution in [1.29, 1.82) is 0 Å². The van der Waals surface area contributed by atoms with Crippen molar-refractivity contribution in [3.63, 3.8) is 0 Å². The van der Waals surface area contributed by atoms with Crippen molar-refractivity contribution < 1.29 is 0 Å². The van der Waals surface area contributed by atoms with Crippen molar-refractivity contribution in [3.05, 3.63) is 34.7 Å². The van der Waals surface area contributed by atoms with Gasteiger partial charge < -0.3 is 5.73 Å². The van der Waals surface area contributed by atoms with Crippen molar-refractivity contribution in [2.45, 2.75) is 25.9 Å². The van der Waals surface area contributed by atoms with Gasteiger partial charge in [-0.25, -0.2) is 0 Å². The van der Waals surface area contributed by atoms with Crippen LogP contribution in [0.15, 0.2) is 23.6 Å². The number of fused-ring (bicyclic) bond motifs is 1. The minimum Gasteiger partial charge on any atom is -0.326 e. The van der Waals surface area contributed by atoms with Gasteiger partial charge in [0.1, 0.15) is 0 Å². The van der Waals surface area contributed by atoms with E-state index in [1.54, 1.807) is 0 Å². The first-order valence-corrected chi connectivity index (χ1v) is 7.16. The second-order valence-corrected chi connectivity index (χ2v) is 5.69. The molecule has 3 rings (SSSR count). The molecule has 1 aromatic carbocycles. The average molecular weight is 246 g/mol. The van der Waals surface area contributed by atoms with E-state index in [1.807, 2.05) is 11.3 Å². The molecule has 2 N–H and O–H groups in total. The van der Waals surface area contributed by atoms with Gasteiger partial charge in [-0.3, -0.25) is 4.90 Å². The van der Waals surface area contributed by atoms with E-state index in [0.29, 0.717) is 6.54 Å². The quantitative estimate of drug-likeness (QED) is 0.902. The molecular formula is C14H18N2S. The number of rotatable bonds is 3. The molecule has 2 aromatic rings. The predicted molar refractivity (Wildman–Crippen MR) is 74.2 cm³/mol. The fraction of sp³-hybridized carbons (Fsp3) is 0.429. The molecule has 0 spiro atoms. The van der Waals surface area contributed by atoms with E-state index in [0.717, 1.165) is 6.54 Å². The van der Waals surface area contributed by atoms with E-state index in [4.69, 9.17) is 5.73 Å². The van der Waals surface area contributed by atoms with Crippen LogP contribution in [0.1, 0.15) is 24.0 Å². The maximum atomic E-state index is 5.68. The molecule has 0 radical (unpaired) electrons. The van der Waals surface area contributed by atoms with Crippen LogP contribution < -0.4 is 5.73 Å². The summed E-state index contributed by atoms with van der Waals surface area (Å²) in [4.78, 5) is 2.55. The lowest BCUT2D eigenvalue weighted by Gasteiger charge is -2.13. The maximum absolute atomic E-state index is 5.68. The fourth-order valence-corrected chi connectivity index (χ4v) is 3.57. The normalized spacial score (nSPS) is 17.0. The standard InChI is InChI=1S/C14H18N2S/c15-8-11-3-4-13-12(10-17-14(13)7-11)9-16-5-1-2-6-16/h3-4,7,10H,1-2,5-6,8-9,15H2. The van der Waals surface area contributed by atoms with Gasteiger partial charge in [0.25, 0.3) is 0 Å². The topological polar surface area (TPSA) is 29.3 Å². The third-order valence-electron chi connectivity index (χ3n) is 3.55. The molecule has 0 aliphatic carbocycles. The first-order chi connectivity index (χ1) is 8.36. The van der Waals surface area contributed by atoms with Gasteiger partial charge in [0.15, 0.2) is 0 Å². The summed E-state index contributed by atoms with van der Waals surface area (Å²) in [7, 11) is 0. The van der Waals surface area contributed by atoms with Crippen LogP contribution in [-0.2, 0) is 13.1 Å². The van der Waals surface area contributed by atoms with Crippen LogP contribution in [0.25, 0.3) is 10.1 Å². The van der Waals surface area contributed by atoms with E-state index >= 15 is 0 Å². The SMILES string of the molecule is NCc1ccc2c(CN3CCCC3)csc2c1. The summed E-state index contributed by atoms with van der Waals surface area (Å²) >= 11 is 1.84. The van der Waals surface area contributed by atoms with Gasteiger partial charge in [-0.2, -0.15) is 0 Å². The highest BCUT2D eigenvalue weighted by Gasteiger charge is 2.14. The summed E-state index contributed by atoms with van der Waals surface area (Å²) < 4.78 is 1.38. The molecule has 90 valence electrons. The Morgan fingerprint density at radius 2 is 2.06 bits per heavy atom. The minimum absolute atomic E-state index is 0.634. The Bertz CT molecular complexity index is 512. The smallest absolute Gasteiger partial charge is 0.0349 e. The lowest BCUT2D eigenvalue weighted by atomic mass is 10.1. The number of thiophene rings is 1. The van der Waals surface area contributed by atoms with Crippen LogP contribution in [0.5, 0.6) is 0 Å². The zero-order valence-electron chi connectivity index (χ0n) is 9.98. The Labute approximate surface area is 106 Å². The summed E-state index contributed by atoms with van der Waals surface area (Å²) in [6.45, 7) is 4.27. The zero-order valence-corrected chi connectivity index (χ0v) is 10.8. The van der Waals surface area contributed by atoms with Gasteiger partial charge in [-0.1, -0.05) is 12.1 Å². The molecule has 3 heteroatoms. The number of nitrogens with two attached hydrogens (primary N) is 1. The molecule has 0 atom stereocenters. The third-order valence-corrected chi connectivity index (χ3v) is 4.54. The Kier molecular flexibility index (Phi) is 3.14. The highest BCUT2D eigenvalue weighted by molar-refractivity contribution is 7.17. The Balaban J connectivity index is 1.89. The van der Waals surface area contributed by atoms with Crippen molar-refractivity contribution in [1.82, 2.24) is 4.90 Å². The summed E-state index contributed by atoms with van der Waals surface area (Å²) in [5, 5.41) is 3.72. The van der Waals surface area contributed by atoms with Crippen LogP contribution in [0.4, 0.5) is 0 Å². The van der Waals surface area contributed by atoms with Crippen LogP contribution in [0.2, 0.25) is 0 Å². The highest BCUT2D eigenvalue weighted by Crippen LogP contribution is 2.28. The molecule has 1 aromatic heterocycles. The lowest BCUT2D eigenvalue weighted by molar-refractivity contribution is 0.333. The largest absolute Gasteiger partial charge is 0.326 e. The van der Waals surface area contributed by atoms with Gasteiger partial charge in [-0.15, -0.1) is 11.3 Å². The molecule has 2 heterocycles. The highest BCUT2D eigenvalue weighted by atomic mass is 32.1. The first-order valence-electron chi connectivity index (χ1n) is 6.28. The lowest BCUT2D eigenvalue weighted by Crippen LogP contribution is -2.17. The number of likely N-dealkylation sites (tertiary alicyclic amines) is 1. The molecule has 0 saturated carbocycles. The van der Waals surface area contributed by atoms with E-state index in [1.165, 1.54) is 47.1 Å². The maximum Gasteiger partial charge on any atom is 0.0349 e. The Hall–Kier alpha value is -0.900. The van der Waals surface area contributed by atoms with Gasteiger partial charge in [0.05, 0.1) is 0 Å². The van der Waals surface area contributed by atoms with E-state index in [2.05, 4.69) is 28.5 Å². The van der Waals surface area contributed by atoms with Gasteiger partial charge in [0.2, 0.25) is 0 Å². The second kappa shape index (κ2) is 4.77. The Morgan fingerprint density at radius 3 is 2.82 bits per heavy atom. The number of hydrogen-bond donors (Lipinski definition) is 1. The molecule has 1 aliphatic heterocycles. The monoisotopic (exact) mass is 246 g/mol. The molecule has 0 unspecified atom stereocenters. The molecule has 1 saturated heterocycles.